The van der Waals surface area contributed by atoms with Gasteiger partial charge in [0.2, 0.25) is 0 Å². The van der Waals surface area contributed by atoms with Gasteiger partial charge < -0.3 is 4.74 Å². The molecule has 1 atom stereocenters. The van der Waals surface area contributed by atoms with E-state index in [9.17, 15) is 4.79 Å². The molecule has 3 heteroatoms. The highest BCUT2D eigenvalue weighted by atomic mass is 79.9. The van der Waals surface area contributed by atoms with Crippen LogP contribution in [-0.4, -0.2) is 17.4 Å². The van der Waals surface area contributed by atoms with Crippen LogP contribution in [0.1, 0.15) is 24.5 Å². The fourth-order valence-electron chi connectivity index (χ4n) is 1.45. The van der Waals surface area contributed by atoms with E-state index in [1.54, 1.807) is 0 Å². The smallest absolute Gasteiger partial charge is 0.306 e. The average Bonchev–Trinajstić information content (AvgIpc) is 2.21. The summed E-state index contributed by atoms with van der Waals surface area (Å²) >= 11 is 3.50. The zero-order valence-electron chi connectivity index (χ0n) is 9.70. The largest absolute Gasteiger partial charge is 0.466 e. The maximum Gasteiger partial charge on any atom is 0.306 e. The molecule has 0 heterocycles. The molecule has 2 nitrogen and oxygen atoms in total. The van der Waals surface area contributed by atoms with Gasteiger partial charge in [-0.25, -0.2) is 0 Å². The number of alkyl halides is 1. The lowest BCUT2D eigenvalue weighted by atomic mass is 10.1. The van der Waals surface area contributed by atoms with Crippen molar-refractivity contribution in [3.63, 3.8) is 0 Å². The van der Waals surface area contributed by atoms with Crippen LogP contribution < -0.4 is 0 Å². The summed E-state index contributed by atoms with van der Waals surface area (Å²) in [4.78, 5) is 11.4. The lowest BCUT2D eigenvalue weighted by molar-refractivity contribution is -0.143. The van der Waals surface area contributed by atoms with E-state index in [1.807, 2.05) is 6.92 Å². The Morgan fingerprint density at radius 1 is 1.38 bits per heavy atom. The van der Waals surface area contributed by atoms with Crippen molar-refractivity contribution >= 4 is 21.9 Å². The highest BCUT2D eigenvalue weighted by Gasteiger charge is 2.11. The highest BCUT2D eigenvalue weighted by molar-refractivity contribution is 9.09. The molecule has 0 fully saturated rings. The molecule has 1 aromatic carbocycles. The van der Waals surface area contributed by atoms with Crippen LogP contribution in [0.2, 0.25) is 0 Å². The number of ether oxygens (including phenoxy) is 1. The normalized spacial score (nSPS) is 12.2. The predicted octanol–water partition coefficient (Wildman–Crippen LogP) is 3.25. The van der Waals surface area contributed by atoms with E-state index in [1.165, 1.54) is 11.1 Å². The van der Waals surface area contributed by atoms with E-state index >= 15 is 0 Å². The van der Waals surface area contributed by atoms with Crippen molar-refractivity contribution in [3.8, 4) is 0 Å². The van der Waals surface area contributed by atoms with E-state index in [2.05, 4.69) is 47.1 Å². The molecule has 1 unspecified atom stereocenters. The van der Waals surface area contributed by atoms with E-state index in [0.29, 0.717) is 13.0 Å². The van der Waals surface area contributed by atoms with Crippen LogP contribution in [0, 0.1) is 6.92 Å². The number of carbonyl (C=O) groups excluding carboxylic acids is 1. The number of carbonyl (C=O) groups is 1. The van der Waals surface area contributed by atoms with Gasteiger partial charge in [0.25, 0.3) is 0 Å². The van der Waals surface area contributed by atoms with Crippen LogP contribution >= 0.6 is 15.9 Å². The zero-order chi connectivity index (χ0) is 12.0. The van der Waals surface area contributed by atoms with E-state index in [-0.39, 0.29) is 10.8 Å². The summed E-state index contributed by atoms with van der Waals surface area (Å²) < 4.78 is 4.90. The summed E-state index contributed by atoms with van der Waals surface area (Å²) in [5, 5.41) is 0. The number of aryl methyl sites for hydroxylation is 1. The Bertz CT molecular complexity index is 332. The molecule has 0 amide bonds. The summed E-state index contributed by atoms with van der Waals surface area (Å²) in [6.07, 6.45) is 1.26. The van der Waals surface area contributed by atoms with Gasteiger partial charge in [-0.15, -0.1) is 0 Å². The quantitative estimate of drug-likeness (QED) is 0.613. The van der Waals surface area contributed by atoms with Crippen molar-refractivity contribution in [1.29, 1.82) is 0 Å². The van der Waals surface area contributed by atoms with Crippen molar-refractivity contribution in [2.24, 2.45) is 0 Å². The highest BCUT2D eigenvalue weighted by Crippen LogP contribution is 2.14. The van der Waals surface area contributed by atoms with Crippen LogP contribution in [-0.2, 0) is 16.0 Å². The van der Waals surface area contributed by atoms with Crippen molar-refractivity contribution in [2.45, 2.75) is 31.5 Å². The number of esters is 1. The molecular formula is C13H17BrO2. The third kappa shape index (κ3) is 4.79. The fraction of sp³-hybridized carbons (Fsp3) is 0.462. The van der Waals surface area contributed by atoms with Gasteiger partial charge in [-0.2, -0.15) is 0 Å². The molecule has 1 aromatic rings. The Kier molecular flexibility index (Phi) is 5.53. The van der Waals surface area contributed by atoms with E-state index < -0.39 is 0 Å². The first kappa shape index (κ1) is 13.2. The molecular weight excluding hydrogens is 268 g/mol. The standard InChI is InChI=1S/C13H17BrO2/c1-3-16-13(15)9-12(14)8-11-6-4-10(2)5-7-11/h4-7,12H,3,8-9H2,1-2H3. The van der Waals surface area contributed by atoms with Gasteiger partial charge in [0.1, 0.15) is 0 Å². The molecule has 0 aliphatic rings. The first-order chi connectivity index (χ1) is 7.61. The molecule has 0 saturated carbocycles. The SMILES string of the molecule is CCOC(=O)CC(Br)Cc1ccc(C)cc1. The van der Waals surface area contributed by atoms with Crippen LogP contribution in [0.25, 0.3) is 0 Å². The Morgan fingerprint density at radius 3 is 2.56 bits per heavy atom. The number of hydrogen-bond acceptors (Lipinski definition) is 2. The average molecular weight is 285 g/mol. The molecule has 0 aromatic heterocycles. The van der Waals surface area contributed by atoms with Crippen molar-refractivity contribution in [3.05, 3.63) is 35.4 Å². The molecule has 0 spiro atoms. The Balaban J connectivity index is 2.42. The third-order valence-corrected chi connectivity index (χ3v) is 2.92. The van der Waals surface area contributed by atoms with Crippen LogP contribution in [0.5, 0.6) is 0 Å². The molecule has 0 bridgehead atoms. The molecule has 0 N–H and O–H groups in total. The summed E-state index contributed by atoms with van der Waals surface area (Å²) in [6, 6.07) is 8.35. The maximum absolute atomic E-state index is 11.2. The summed E-state index contributed by atoms with van der Waals surface area (Å²) in [7, 11) is 0. The monoisotopic (exact) mass is 284 g/mol. The van der Waals surface area contributed by atoms with Crippen molar-refractivity contribution in [2.75, 3.05) is 6.61 Å². The van der Waals surface area contributed by atoms with Crippen molar-refractivity contribution < 1.29 is 9.53 Å². The van der Waals surface area contributed by atoms with E-state index in [0.717, 1.165) is 6.42 Å². The van der Waals surface area contributed by atoms with Gasteiger partial charge in [0.05, 0.1) is 13.0 Å². The minimum Gasteiger partial charge on any atom is -0.466 e. The first-order valence-electron chi connectivity index (χ1n) is 5.47. The molecule has 0 radical (unpaired) electrons. The van der Waals surface area contributed by atoms with Crippen LogP contribution in [0.3, 0.4) is 0 Å². The van der Waals surface area contributed by atoms with Gasteiger partial charge in [0.15, 0.2) is 0 Å². The lowest BCUT2D eigenvalue weighted by Crippen LogP contribution is -2.13. The first-order valence-corrected chi connectivity index (χ1v) is 6.38. The number of halogens is 1. The van der Waals surface area contributed by atoms with Crippen molar-refractivity contribution in [1.82, 2.24) is 0 Å². The number of hydrogen-bond donors (Lipinski definition) is 0. The van der Waals surface area contributed by atoms with Gasteiger partial charge in [0, 0.05) is 4.83 Å². The third-order valence-electron chi connectivity index (χ3n) is 2.27. The molecule has 1 rings (SSSR count). The Morgan fingerprint density at radius 2 is 2.00 bits per heavy atom. The topological polar surface area (TPSA) is 26.3 Å². The van der Waals surface area contributed by atoms with Gasteiger partial charge in [-0.1, -0.05) is 45.8 Å². The van der Waals surface area contributed by atoms with Gasteiger partial charge in [-0.3, -0.25) is 4.79 Å². The minimum absolute atomic E-state index is 0.142. The summed E-state index contributed by atoms with van der Waals surface area (Å²) in [5.74, 6) is -0.142. The molecule has 88 valence electrons. The Labute approximate surface area is 105 Å². The second-order valence-electron chi connectivity index (χ2n) is 3.80. The van der Waals surface area contributed by atoms with Crippen LogP contribution in [0.4, 0.5) is 0 Å². The summed E-state index contributed by atoms with van der Waals surface area (Å²) in [5.41, 5.74) is 2.48. The minimum atomic E-state index is -0.142. The molecule has 16 heavy (non-hydrogen) atoms. The number of rotatable bonds is 5. The van der Waals surface area contributed by atoms with E-state index in [4.69, 9.17) is 4.74 Å². The predicted molar refractivity (Wildman–Crippen MR) is 68.8 cm³/mol. The van der Waals surface area contributed by atoms with Crippen LogP contribution in [0.15, 0.2) is 24.3 Å². The number of benzene rings is 1. The zero-order valence-corrected chi connectivity index (χ0v) is 11.3. The van der Waals surface area contributed by atoms with Gasteiger partial charge in [-0.05, 0) is 25.8 Å². The Hall–Kier alpha value is -0.830. The maximum atomic E-state index is 11.2. The summed E-state index contributed by atoms with van der Waals surface area (Å²) in [6.45, 7) is 4.33. The molecule has 0 saturated heterocycles. The van der Waals surface area contributed by atoms with Gasteiger partial charge >= 0.3 is 5.97 Å². The fourth-order valence-corrected chi connectivity index (χ4v) is 2.09. The molecule has 0 aliphatic carbocycles. The lowest BCUT2D eigenvalue weighted by Gasteiger charge is -2.09. The second kappa shape index (κ2) is 6.69. The molecule has 0 aliphatic heterocycles. The second-order valence-corrected chi connectivity index (χ2v) is 5.09.